The van der Waals surface area contributed by atoms with Crippen LogP contribution in [0.25, 0.3) is 11.0 Å². The Kier molecular flexibility index (Phi) is 6.06. The minimum atomic E-state index is -4.63. The zero-order valence-electron chi connectivity index (χ0n) is 16.4. The third-order valence-electron chi connectivity index (χ3n) is 4.20. The van der Waals surface area contributed by atoms with Gasteiger partial charge in [-0.1, -0.05) is 0 Å². The maximum atomic E-state index is 13.0. The number of carbonyl (C=O) groups excluding carboxylic acids is 1. The molecule has 0 aliphatic heterocycles. The lowest BCUT2D eigenvalue weighted by atomic mass is 10.2. The fourth-order valence-corrected chi connectivity index (χ4v) is 3.63. The number of fused-ring (bicyclic) bond motifs is 1. The lowest BCUT2D eigenvalue weighted by Gasteiger charge is -2.13. The van der Waals surface area contributed by atoms with Crippen LogP contribution in [-0.2, 0) is 17.2 Å². The molecule has 0 aliphatic carbocycles. The molecule has 3 rings (SSSR count). The van der Waals surface area contributed by atoms with Crippen molar-refractivity contribution in [3.05, 3.63) is 53.8 Å². The Labute approximate surface area is 173 Å². The molecule has 30 heavy (non-hydrogen) atoms. The van der Waals surface area contributed by atoms with E-state index < -0.39 is 28.6 Å². The molecular formula is C20H19F3N2O4S. The van der Waals surface area contributed by atoms with Crippen LogP contribution in [0, 0.1) is 0 Å². The maximum absolute atomic E-state index is 13.0. The van der Waals surface area contributed by atoms with E-state index in [9.17, 15) is 22.2 Å². The third kappa shape index (κ3) is 4.59. The summed E-state index contributed by atoms with van der Waals surface area (Å²) in [6.45, 7) is 1.79. The molecule has 160 valence electrons. The van der Waals surface area contributed by atoms with Crippen LogP contribution < -0.4 is 14.4 Å². The van der Waals surface area contributed by atoms with E-state index in [0.717, 1.165) is 17.8 Å². The number of furan rings is 1. The van der Waals surface area contributed by atoms with Crippen molar-refractivity contribution < 1.29 is 31.3 Å². The van der Waals surface area contributed by atoms with Gasteiger partial charge in [0.1, 0.15) is 16.2 Å². The normalized spacial score (nSPS) is 12.6. The van der Waals surface area contributed by atoms with Crippen molar-refractivity contribution in [3.63, 3.8) is 0 Å². The van der Waals surface area contributed by atoms with E-state index in [-0.39, 0.29) is 23.0 Å². The Morgan fingerprint density at radius 3 is 2.53 bits per heavy atom. The number of alkyl halides is 3. The van der Waals surface area contributed by atoms with E-state index in [0.29, 0.717) is 17.0 Å². The first-order chi connectivity index (χ1) is 14.1. The molecule has 1 unspecified atom stereocenters. The van der Waals surface area contributed by atoms with Crippen LogP contribution in [0.5, 0.6) is 5.75 Å². The molecule has 0 spiro atoms. The summed E-state index contributed by atoms with van der Waals surface area (Å²) < 4.78 is 64.7. The molecule has 1 N–H and O–H groups in total. The van der Waals surface area contributed by atoms with Gasteiger partial charge in [-0.25, -0.2) is 4.21 Å². The van der Waals surface area contributed by atoms with Crippen molar-refractivity contribution in [1.29, 1.82) is 0 Å². The minimum absolute atomic E-state index is 0.00985. The number of carbonyl (C=O) groups is 1. The summed E-state index contributed by atoms with van der Waals surface area (Å²) in [4.78, 5) is 14.1. The first-order valence-corrected chi connectivity index (χ1v) is 10.0. The monoisotopic (exact) mass is 440 g/mol. The molecule has 2 aromatic carbocycles. The largest absolute Gasteiger partial charge is 0.493 e. The SMILES string of the molecule is CCOc1ccc(C(F)(F)F)cc1S(=O)NC(=O)c1cc2ccc(N(C)C)cc2o1. The smallest absolute Gasteiger partial charge is 0.416 e. The van der Waals surface area contributed by atoms with Crippen molar-refractivity contribution in [1.82, 2.24) is 4.72 Å². The number of nitrogens with one attached hydrogen (secondary N) is 1. The second-order valence-electron chi connectivity index (χ2n) is 6.52. The summed E-state index contributed by atoms with van der Waals surface area (Å²) in [6, 6.07) is 9.42. The van der Waals surface area contributed by atoms with Gasteiger partial charge in [-0.05, 0) is 43.3 Å². The predicted octanol–water partition coefficient (Wildman–Crippen LogP) is 4.37. The number of rotatable bonds is 6. The van der Waals surface area contributed by atoms with Crippen LogP contribution in [0.3, 0.4) is 0 Å². The fraction of sp³-hybridized carbons (Fsp3) is 0.250. The van der Waals surface area contributed by atoms with E-state index >= 15 is 0 Å². The topological polar surface area (TPSA) is 71.8 Å². The zero-order chi connectivity index (χ0) is 22.1. The highest BCUT2D eigenvalue weighted by Gasteiger charge is 2.32. The van der Waals surface area contributed by atoms with Gasteiger partial charge < -0.3 is 14.1 Å². The van der Waals surface area contributed by atoms with Crippen molar-refractivity contribution in [2.24, 2.45) is 0 Å². The summed E-state index contributed by atoms with van der Waals surface area (Å²) in [7, 11) is 1.41. The highest BCUT2D eigenvalue weighted by atomic mass is 32.2. The molecule has 0 radical (unpaired) electrons. The Morgan fingerprint density at radius 1 is 1.17 bits per heavy atom. The molecule has 3 aromatic rings. The van der Waals surface area contributed by atoms with Crippen molar-refractivity contribution in [3.8, 4) is 5.75 Å². The van der Waals surface area contributed by atoms with E-state index in [4.69, 9.17) is 9.15 Å². The first-order valence-electron chi connectivity index (χ1n) is 8.88. The number of amides is 1. The van der Waals surface area contributed by atoms with Crippen LogP contribution >= 0.6 is 0 Å². The predicted molar refractivity (Wildman–Crippen MR) is 107 cm³/mol. The van der Waals surface area contributed by atoms with E-state index in [1.165, 1.54) is 6.07 Å². The molecule has 1 amide bonds. The number of benzene rings is 2. The summed E-state index contributed by atoms with van der Waals surface area (Å²) in [5, 5.41) is 0.658. The van der Waals surface area contributed by atoms with Gasteiger partial charge in [0.25, 0.3) is 5.91 Å². The van der Waals surface area contributed by atoms with E-state index in [1.54, 1.807) is 19.1 Å². The van der Waals surface area contributed by atoms with Crippen LogP contribution in [-0.4, -0.2) is 30.8 Å². The van der Waals surface area contributed by atoms with Crippen LogP contribution in [0.15, 0.2) is 51.8 Å². The number of anilines is 1. The number of hydrogen-bond donors (Lipinski definition) is 1. The number of nitrogens with zero attached hydrogens (tertiary/aromatic N) is 1. The molecule has 6 nitrogen and oxygen atoms in total. The Balaban J connectivity index is 1.88. The van der Waals surface area contributed by atoms with Gasteiger partial charge in [-0.2, -0.15) is 13.2 Å². The quantitative estimate of drug-likeness (QED) is 0.616. The molecule has 0 bridgehead atoms. The Morgan fingerprint density at radius 2 is 1.90 bits per heavy atom. The zero-order valence-corrected chi connectivity index (χ0v) is 17.2. The molecule has 0 saturated heterocycles. The van der Waals surface area contributed by atoms with Crippen LogP contribution in [0.1, 0.15) is 23.0 Å². The van der Waals surface area contributed by atoms with Gasteiger partial charge in [0, 0.05) is 31.2 Å². The van der Waals surface area contributed by atoms with Gasteiger partial charge >= 0.3 is 6.18 Å². The van der Waals surface area contributed by atoms with Gasteiger partial charge in [-0.15, -0.1) is 0 Å². The molecular weight excluding hydrogens is 421 g/mol. The highest BCUT2D eigenvalue weighted by Crippen LogP contribution is 2.34. The lowest BCUT2D eigenvalue weighted by Crippen LogP contribution is -2.26. The van der Waals surface area contributed by atoms with Gasteiger partial charge in [-0.3, -0.25) is 9.52 Å². The van der Waals surface area contributed by atoms with E-state index in [1.807, 2.05) is 25.1 Å². The Bertz CT molecular complexity index is 1110. The molecule has 1 aromatic heterocycles. The van der Waals surface area contributed by atoms with E-state index in [2.05, 4.69) is 4.72 Å². The minimum Gasteiger partial charge on any atom is -0.493 e. The first kappa shape index (κ1) is 21.7. The third-order valence-corrected chi connectivity index (χ3v) is 5.29. The highest BCUT2D eigenvalue weighted by molar-refractivity contribution is 7.83. The van der Waals surface area contributed by atoms with Crippen LogP contribution in [0.2, 0.25) is 0 Å². The number of ether oxygens (including phenoxy) is 1. The summed E-state index contributed by atoms with van der Waals surface area (Å²) in [6.07, 6.45) is -4.63. The van der Waals surface area contributed by atoms with Gasteiger partial charge in [0.15, 0.2) is 16.7 Å². The number of halogens is 3. The molecule has 0 aliphatic rings. The lowest BCUT2D eigenvalue weighted by molar-refractivity contribution is -0.137. The molecule has 10 heteroatoms. The maximum Gasteiger partial charge on any atom is 0.416 e. The fourth-order valence-electron chi connectivity index (χ4n) is 2.70. The van der Waals surface area contributed by atoms with Gasteiger partial charge in [0.2, 0.25) is 0 Å². The van der Waals surface area contributed by atoms with Crippen molar-refractivity contribution in [2.45, 2.75) is 18.0 Å². The van der Waals surface area contributed by atoms with Crippen molar-refractivity contribution >= 4 is 33.5 Å². The standard InChI is InChI=1S/C20H19F3N2O4S/c1-4-28-15-8-6-13(20(21,22)23)10-18(15)30(27)24-19(26)17-9-12-5-7-14(25(2)3)11-16(12)29-17/h5-11H,4H2,1-3H3,(H,24,26). The summed E-state index contributed by atoms with van der Waals surface area (Å²) >= 11 is 0. The average molecular weight is 440 g/mol. The molecule has 1 heterocycles. The van der Waals surface area contributed by atoms with Crippen molar-refractivity contribution in [2.75, 3.05) is 25.6 Å². The second kappa shape index (κ2) is 8.39. The molecule has 0 fully saturated rings. The number of hydrogen-bond acceptors (Lipinski definition) is 5. The van der Waals surface area contributed by atoms with Gasteiger partial charge in [0.05, 0.1) is 12.2 Å². The molecule has 1 atom stereocenters. The Hall–Kier alpha value is -3.01. The van der Waals surface area contributed by atoms with Crippen LogP contribution in [0.4, 0.5) is 18.9 Å². The second-order valence-corrected chi connectivity index (χ2v) is 7.70. The summed E-state index contributed by atoms with van der Waals surface area (Å²) in [5.74, 6) is -0.945. The summed E-state index contributed by atoms with van der Waals surface area (Å²) in [5.41, 5.74) is 0.312. The average Bonchev–Trinajstić information content (AvgIpc) is 3.11. The molecule has 0 saturated carbocycles.